The Labute approximate surface area is 157 Å². The summed E-state index contributed by atoms with van der Waals surface area (Å²) in [6, 6.07) is 11.5. The van der Waals surface area contributed by atoms with Gasteiger partial charge in [-0.25, -0.2) is 4.98 Å². The van der Waals surface area contributed by atoms with Crippen LogP contribution in [0.2, 0.25) is 0 Å². The summed E-state index contributed by atoms with van der Waals surface area (Å²) in [4.78, 5) is 17.2. The lowest BCUT2D eigenvalue weighted by Crippen LogP contribution is -2.15. The van der Waals surface area contributed by atoms with Gasteiger partial charge in [0.15, 0.2) is 0 Å². The molecule has 0 amide bonds. The number of benzene rings is 1. The molecule has 132 valence electrons. The second-order valence-corrected chi connectivity index (χ2v) is 7.68. The molecule has 1 N–H and O–H groups in total. The number of hydrogen-bond donors (Lipinski definition) is 1. The van der Waals surface area contributed by atoms with Crippen molar-refractivity contribution in [3.8, 4) is 10.6 Å². The van der Waals surface area contributed by atoms with Gasteiger partial charge in [0.25, 0.3) is 5.56 Å². The van der Waals surface area contributed by atoms with E-state index in [1.54, 1.807) is 6.07 Å². The van der Waals surface area contributed by atoms with Crippen LogP contribution in [0.5, 0.6) is 0 Å². The quantitative estimate of drug-likeness (QED) is 0.549. The van der Waals surface area contributed by atoms with E-state index in [9.17, 15) is 4.79 Å². The minimum Gasteiger partial charge on any atom is -0.353 e. The maximum absolute atomic E-state index is 12.1. The molecule has 0 unspecified atom stereocenters. The van der Waals surface area contributed by atoms with Gasteiger partial charge in [-0.2, -0.15) is 4.52 Å². The zero-order valence-corrected chi connectivity index (χ0v) is 15.7. The van der Waals surface area contributed by atoms with Gasteiger partial charge >= 0.3 is 0 Å². The maximum Gasteiger partial charge on any atom is 0.275 e. The molecular formula is C17H16N6OS2. The molecule has 7 nitrogen and oxygen atoms in total. The normalized spacial score (nSPS) is 11.1. The van der Waals surface area contributed by atoms with Crippen molar-refractivity contribution in [2.24, 2.45) is 0 Å². The van der Waals surface area contributed by atoms with Gasteiger partial charge in [0.1, 0.15) is 10.0 Å². The van der Waals surface area contributed by atoms with E-state index in [0.717, 1.165) is 34.1 Å². The lowest BCUT2D eigenvalue weighted by Gasteiger charge is -1.96. The predicted octanol–water partition coefficient (Wildman–Crippen LogP) is 3.23. The van der Waals surface area contributed by atoms with E-state index in [2.05, 4.69) is 32.5 Å². The fourth-order valence-corrected chi connectivity index (χ4v) is 4.09. The lowest BCUT2D eigenvalue weighted by atomic mass is 10.2. The average molecular weight is 384 g/mol. The molecule has 4 aromatic rings. The topological polar surface area (TPSA) is 85.1 Å². The molecule has 0 saturated heterocycles. The summed E-state index contributed by atoms with van der Waals surface area (Å²) in [7, 11) is 0. The summed E-state index contributed by atoms with van der Waals surface area (Å²) < 4.78 is 1.33. The average Bonchev–Trinajstić information content (AvgIpc) is 3.28. The Morgan fingerprint density at radius 2 is 2.00 bits per heavy atom. The third-order valence-electron chi connectivity index (χ3n) is 3.68. The van der Waals surface area contributed by atoms with E-state index >= 15 is 0 Å². The van der Waals surface area contributed by atoms with Gasteiger partial charge in [-0.15, -0.1) is 15.3 Å². The van der Waals surface area contributed by atoms with Crippen LogP contribution in [0.3, 0.4) is 0 Å². The van der Waals surface area contributed by atoms with E-state index in [1.165, 1.54) is 27.2 Å². The van der Waals surface area contributed by atoms with Crippen LogP contribution in [0.15, 0.2) is 41.2 Å². The van der Waals surface area contributed by atoms with Crippen molar-refractivity contribution in [1.82, 2.24) is 24.8 Å². The van der Waals surface area contributed by atoms with Crippen molar-refractivity contribution in [3.05, 3.63) is 57.5 Å². The standard InChI is InChI=1S/C17H16N6OS2/c1-2-6-12-9-14(24)23-17(19-12)26-16(22-23)18-10-13-20-21-15(25-13)11-7-4-3-5-8-11/h3-5,7-9H,2,6,10H2,1H3,(H,18,22). The number of nitrogens with one attached hydrogen (secondary N) is 1. The van der Waals surface area contributed by atoms with Crippen LogP contribution < -0.4 is 10.9 Å². The van der Waals surface area contributed by atoms with Gasteiger partial charge in [0, 0.05) is 17.3 Å². The van der Waals surface area contributed by atoms with Crippen LogP contribution in [0.4, 0.5) is 5.13 Å². The number of hydrogen-bond acceptors (Lipinski definition) is 8. The number of aromatic nitrogens is 5. The molecule has 9 heteroatoms. The molecule has 3 aromatic heterocycles. The Balaban J connectivity index is 1.50. The molecule has 0 saturated carbocycles. The fraction of sp³-hybridized carbons (Fsp3) is 0.235. The summed E-state index contributed by atoms with van der Waals surface area (Å²) in [5.41, 5.74) is 1.71. The minimum absolute atomic E-state index is 0.148. The SMILES string of the molecule is CCCc1cc(=O)n2nc(NCc3nnc(-c4ccccc4)s3)sc2n1. The summed E-state index contributed by atoms with van der Waals surface area (Å²) in [6.07, 6.45) is 1.74. The van der Waals surface area contributed by atoms with Crippen LogP contribution in [-0.2, 0) is 13.0 Å². The van der Waals surface area contributed by atoms with E-state index < -0.39 is 0 Å². The van der Waals surface area contributed by atoms with Crippen molar-refractivity contribution < 1.29 is 0 Å². The third kappa shape index (κ3) is 3.49. The molecule has 0 aliphatic carbocycles. The Morgan fingerprint density at radius 3 is 2.81 bits per heavy atom. The number of fused-ring (bicyclic) bond motifs is 1. The van der Waals surface area contributed by atoms with Gasteiger partial charge in [-0.1, -0.05) is 66.3 Å². The van der Waals surface area contributed by atoms with Crippen molar-refractivity contribution in [2.75, 3.05) is 5.32 Å². The highest BCUT2D eigenvalue weighted by atomic mass is 32.1. The van der Waals surface area contributed by atoms with E-state index in [1.807, 2.05) is 30.3 Å². The Kier molecular flexibility index (Phi) is 4.72. The molecule has 26 heavy (non-hydrogen) atoms. The first-order valence-corrected chi connectivity index (χ1v) is 9.87. The monoisotopic (exact) mass is 384 g/mol. The van der Waals surface area contributed by atoms with Crippen molar-refractivity contribution in [1.29, 1.82) is 0 Å². The second-order valence-electron chi connectivity index (χ2n) is 5.66. The molecule has 0 bridgehead atoms. The summed E-state index contributed by atoms with van der Waals surface area (Å²) in [5.74, 6) is 0. The van der Waals surface area contributed by atoms with Crippen LogP contribution >= 0.6 is 22.7 Å². The zero-order chi connectivity index (χ0) is 17.9. The molecule has 0 aliphatic heterocycles. The maximum atomic E-state index is 12.1. The van der Waals surface area contributed by atoms with Gasteiger partial charge in [0.2, 0.25) is 10.1 Å². The highest BCUT2D eigenvalue weighted by Gasteiger charge is 2.10. The highest BCUT2D eigenvalue weighted by molar-refractivity contribution is 7.20. The molecule has 4 rings (SSSR count). The number of anilines is 1. The van der Waals surface area contributed by atoms with Crippen LogP contribution in [-0.4, -0.2) is 24.8 Å². The first-order chi connectivity index (χ1) is 12.7. The number of rotatable bonds is 6. The van der Waals surface area contributed by atoms with Crippen LogP contribution in [0.25, 0.3) is 15.5 Å². The van der Waals surface area contributed by atoms with Gasteiger partial charge in [-0.05, 0) is 6.42 Å². The lowest BCUT2D eigenvalue weighted by molar-refractivity contribution is 0.839. The van der Waals surface area contributed by atoms with E-state index in [0.29, 0.717) is 16.6 Å². The molecule has 0 spiro atoms. The van der Waals surface area contributed by atoms with E-state index in [4.69, 9.17) is 0 Å². The first kappa shape index (κ1) is 16.8. The van der Waals surface area contributed by atoms with Gasteiger partial charge in [0.05, 0.1) is 6.54 Å². The minimum atomic E-state index is -0.148. The number of nitrogens with zero attached hydrogens (tertiary/aromatic N) is 5. The van der Waals surface area contributed by atoms with Crippen molar-refractivity contribution in [2.45, 2.75) is 26.3 Å². The van der Waals surface area contributed by atoms with Gasteiger partial charge < -0.3 is 5.32 Å². The molecule has 0 radical (unpaired) electrons. The van der Waals surface area contributed by atoms with Crippen LogP contribution in [0.1, 0.15) is 24.0 Å². The van der Waals surface area contributed by atoms with E-state index in [-0.39, 0.29) is 5.56 Å². The zero-order valence-electron chi connectivity index (χ0n) is 14.0. The Hall–Kier alpha value is -2.65. The van der Waals surface area contributed by atoms with Crippen molar-refractivity contribution in [3.63, 3.8) is 0 Å². The Bertz CT molecular complexity index is 1090. The second kappa shape index (κ2) is 7.30. The third-order valence-corrected chi connectivity index (χ3v) is 5.52. The predicted molar refractivity (Wildman–Crippen MR) is 104 cm³/mol. The Morgan fingerprint density at radius 1 is 1.15 bits per heavy atom. The molecule has 0 fully saturated rings. The molecular weight excluding hydrogens is 368 g/mol. The fourth-order valence-electron chi connectivity index (χ4n) is 2.49. The molecule has 3 heterocycles. The van der Waals surface area contributed by atoms with Gasteiger partial charge in [-0.3, -0.25) is 4.79 Å². The summed E-state index contributed by atoms with van der Waals surface area (Å²) >= 11 is 2.89. The van der Waals surface area contributed by atoms with Crippen molar-refractivity contribution >= 4 is 32.8 Å². The first-order valence-electron chi connectivity index (χ1n) is 8.24. The summed E-state index contributed by atoms with van der Waals surface area (Å²) in [5, 5.41) is 18.3. The van der Waals surface area contributed by atoms with Crippen LogP contribution in [0, 0.1) is 0 Å². The summed E-state index contributed by atoms with van der Waals surface area (Å²) in [6.45, 7) is 2.57. The number of aryl methyl sites for hydroxylation is 1. The molecule has 1 aromatic carbocycles. The molecule has 0 aliphatic rings. The molecule has 0 atom stereocenters. The largest absolute Gasteiger partial charge is 0.353 e. The smallest absolute Gasteiger partial charge is 0.275 e. The highest BCUT2D eigenvalue weighted by Crippen LogP contribution is 2.24.